The number of carbonyl (C=O) groups is 3. The van der Waals surface area contributed by atoms with Crippen LogP contribution in [-0.4, -0.2) is 66.3 Å². The average molecular weight is 277 g/mol. The van der Waals surface area contributed by atoms with E-state index in [0.29, 0.717) is 0 Å². The Morgan fingerprint density at radius 3 is 2.58 bits per heavy atom. The van der Waals surface area contributed by atoms with Crippen LogP contribution in [0, 0.1) is 0 Å². The largest absolute Gasteiger partial charge is 0.465 e. The van der Waals surface area contributed by atoms with Crippen LogP contribution in [0.1, 0.15) is 6.92 Å². The highest BCUT2D eigenvalue weighted by Crippen LogP contribution is 2.22. The van der Waals surface area contributed by atoms with E-state index in [9.17, 15) is 24.6 Å². The Bertz CT molecular complexity index is 335. The van der Waals surface area contributed by atoms with Gasteiger partial charge in [0.2, 0.25) is 5.91 Å². The Morgan fingerprint density at radius 1 is 1.37 bits per heavy atom. The Labute approximate surface area is 108 Å². The molecule has 108 valence electrons. The van der Waals surface area contributed by atoms with Crippen molar-refractivity contribution in [3.05, 3.63) is 0 Å². The van der Waals surface area contributed by atoms with E-state index in [-0.39, 0.29) is 19.6 Å². The van der Waals surface area contributed by atoms with Gasteiger partial charge in [0.25, 0.3) is 12.9 Å². The van der Waals surface area contributed by atoms with Gasteiger partial charge in [-0.2, -0.15) is 0 Å². The monoisotopic (exact) mass is 277 g/mol. The number of nitrogens with one attached hydrogen (secondary N) is 1. The minimum absolute atomic E-state index is 0.0817. The summed E-state index contributed by atoms with van der Waals surface area (Å²) in [5.41, 5.74) is 0. The Morgan fingerprint density at radius 2 is 2.05 bits per heavy atom. The number of hydrogen-bond acceptors (Lipinski definition) is 8. The first-order chi connectivity index (χ1) is 9.01. The molecule has 1 aliphatic heterocycles. The number of ether oxygens (including phenoxy) is 3. The summed E-state index contributed by atoms with van der Waals surface area (Å²) < 4.78 is 14.1. The highest BCUT2D eigenvalue weighted by molar-refractivity contribution is 5.73. The standard InChI is InChI=1S/C10H15NO8/c1-5(14)11-7-9(18-4-13)8(15)6(2-17-3-12)19-10(7)16/h3-4,6-10,15-16H,2H2,1H3,(H,11,14). The summed E-state index contributed by atoms with van der Waals surface area (Å²) in [7, 11) is 0. The summed E-state index contributed by atoms with van der Waals surface area (Å²) in [6, 6.07) is -1.12. The first-order valence-corrected chi connectivity index (χ1v) is 5.44. The zero-order valence-electron chi connectivity index (χ0n) is 10.1. The summed E-state index contributed by atoms with van der Waals surface area (Å²) in [4.78, 5) is 31.5. The predicted molar refractivity (Wildman–Crippen MR) is 57.4 cm³/mol. The topological polar surface area (TPSA) is 131 Å². The molecule has 0 aromatic heterocycles. The molecule has 1 amide bonds. The molecule has 1 heterocycles. The third-order valence-corrected chi connectivity index (χ3v) is 2.60. The summed E-state index contributed by atoms with van der Waals surface area (Å²) in [5.74, 6) is -0.498. The second-order valence-corrected chi connectivity index (χ2v) is 3.91. The summed E-state index contributed by atoms with van der Waals surface area (Å²) in [6.45, 7) is 1.10. The van der Waals surface area contributed by atoms with Crippen molar-refractivity contribution >= 4 is 18.9 Å². The second-order valence-electron chi connectivity index (χ2n) is 3.91. The number of hydrogen-bond donors (Lipinski definition) is 3. The molecule has 5 atom stereocenters. The molecule has 1 rings (SSSR count). The molecule has 5 unspecified atom stereocenters. The lowest BCUT2D eigenvalue weighted by Gasteiger charge is -2.41. The van der Waals surface area contributed by atoms with Gasteiger partial charge in [0.05, 0.1) is 0 Å². The molecule has 19 heavy (non-hydrogen) atoms. The summed E-state index contributed by atoms with van der Waals surface area (Å²) in [6.07, 6.45) is -5.18. The van der Waals surface area contributed by atoms with Gasteiger partial charge in [-0.3, -0.25) is 14.4 Å². The SMILES string of the molecule is CC(=O)NC1C(O)OC(COC=O)C(O)C1OC=O. The molecule has 0 bridgehead atoms. The number of carbonyl (C=O) groups excluding carboxylic acids is 3. The van der Waals surface area contributed by atoms with Crippen LogP contribution < -0.4 is 5.32 Å². The van der Waals surface area contributed by atoms with Gasteiger partial charge in [-0.05, 0) is 0 Å². The summed E-state index contributed by atoms with van der Waals surface area (Å²) in [5, 5.41) is 21.9. The van der Waals surface area contributed by atoms with Crippen LogP contribution in [0.2, 0.25) is 0 Å². The number of amides is 1. The maximum Gasteiger partial charge on any atom is 0.293 e. The van der Waals surface area contributed by atoms with Gasteiger partial charge in [-0.1, -0.05) is 0 Å². The molecular weight excluding hydrogens is 262 g/mol. The lowest BCUT2D eigenvalue weighted by molar-refractivity contribution is -0.256. The third-order valence-electron chi connectivity index (χ3n) is 2.60. The molecule has 1 saturated heterocycles. The van der Waals surface area contributed by atoms with Crippen molar-refractivity contribution in [1.82, 2.24) is 5.32 Å². The van der Waals surface area contributed by atoms with Gasteiger partial charge in [0.15, 0.2) is 12.4 Å². The van der Waals surface area contributed by atoms with Crippen LogP contribution in [0.25, 0.3) is 0 Å². The highest BCUT2D eigenvalue weighted by Gasteiger charge is 2.46. The van der Waals surface area contributed by atoms with Gasteiger partial charge in [0, 0.05) is 6.92 Å². The van der Waals surface area contributed by atoms with E-state index in [2.05, 4.69) is 14.8 Å². The molecule has 0 aromatic rings. The van der Waals surface area contributed by atoms with Crippen molar-refractivity contribution in [2.24, 2.45) is 0 Å². The number of rotatable bonds is 6. The second kappa shape index (κ2) is 7.02. The van der Waals surface area contributed by atoms with Crippen LogP contribution in [-0.2, 0) is 28.6 Å². The quantitative estimate of drug-likeness (QED) is 0.446. The van der Waals surface area contributed by atoms with Crippen molar-refractivity contribution in [3.63, 3.8) is 0 Å². The third kappa shape index (κ3) is 3.88. The van der Waals surface area contributed by atoms with Gasteiger partial charge < -0.3 is 29.7 Å². The molecule has 9 heteroatoms. The zero-order valence-corrected chi connectivity index (χ0v) is 10.1. The number of aliphatic hydroxyl groups is 2. The van der Waals surface area contributed by atoms with Crippen molar-refractivity contribution in [3.8, 4) is 0 Å². The average Bonchev–Trinajstić information content (AvgIpc) is 2.35. The Hall–Kier alpha value is -1.71. The van der Waals surface area contributed by atoms with Gasteiger partial charge in [-0.25, -0.2) is 0 Å². The first kappa shape index (κ1) is 15.3. The Kier molecular flexibility index (Phi) is 5.67. The van der Waals surface area contributed by atoms with E-state index in [4.69, 9.17) is 4.74 Å². The van der Waals surface area contributed by atoms with Crippen LogP contribution in [0.15, 0.2) is 0 Å². The van der Waals surface area contributed by atoms with E-state index in [0.717, 1.165) is 0 Å². The van der Waals surface area contributed by atoms with Crippen LogP contribution in [0.4, 0.5) is 0 Å². The molecule has 3 N–H and O–H groups in total. The number of aliphatic hydroxyl groups excluding tert-OH is 2. The molecule has 0 aromatic carbocycles. The normalized spacial score (nSPS) is 34.2. The highest BCUT2D eigenvalue weighted by atomic mass is 16.6. The molecular formula is C10H15NO8. The van der Waals surface area contributed by atoms with E-state index >= 15 is 0 Å². The van der Waals surface area contributed by atoms with Gasteiger partial charge >= 0.3 is 0 Å². The molecule has 0 radical (unpaired) electrons. The summed E-state index contributed by atoms with van der Waals surface area (Å²) >= 11 is 0. The minimum atomic E-state index is -1.52. The first-order valence-electron chi connectivity index (χ1n) is 5.44. The molecule has 1 aliphatic rings. The minimum Gasteiger partial charge on any atom is -0.465 e. The smallest absolute Gasteiger partial charge is 0.293 e. The van der Waals surface area contributed by atoms with Crippen molar-refractivity contribution < 1.29 is 38.8 Å². The van der Waals surface area contributed by atoms with E-state index in [1.165, 1.54) is 6.92 Å². The van der Waals surface area contributed by atoms with Gasteiger partial charge in [-0.15, -0.1) is 0 Å². The van der Waals surface area contributed by atoms with Crippen LogP contribution in [0.5, 0.6) is 0 Å². The van der Waals surface area contributed by atoms with E-state index in [1.54, 1.807) is 0 Å². The van der Waals surface area contributed by atoms with Crippen LogP contribution >= 0.6 is 0 Å². The van der Waals surface area contributed by atoms with Crippen molar-refractivity contribution in [1.29, 1.82) is 0 Å². The van der Waals surface area contributed by atoms with E-state index in [1.807, 2.05) is 0 Å². The molecule has 1 fully saturated rings. The van der Waals surface area contributed by atoms with Crippen molar-refractivity contribution in [2.75, 3.05) is 6.61 Å². The van der Waals surface area contributed by atoms with Gasteiger partial charge in [0.1, 0.15) is 24.9 Å². The molecule has 9 nitrogen and oxygen atoms in total. The van der Waals surface area contributed by atoms with E-state index < -0.39 is 36.6 Å². The molecule has 0 spiro atoms. The fourth-order valence-electron chi connectivity index (χ4n) is 1.82. The molecule has 0 saturated carbocycles. The lowest BCUT2D eigenvalue weighted by Crippen LogP contribution is -2.64. The zero-order chi connectivity index (χ0) is 14.4. The molecule has 0 aliphatic carbocycles. The van der Waals surface area contributed by atoms with Crippen LogP contribution in [0.3, 0.4) is 0 Å². The fourth-order valence-corrected chi connectivity index (χ4v) is 1.82. The maximum atomic E-state index is 11.0. The maximum absolute atomic E-state index is 11.0. The Balaban J connectivity index is 2.81. The fraction of sp³-hybridized carbons (Fsp3) is 0.700. The lowest BCUT2D eigenvalue weighted by atomic mass is 9.97. The predicted octanol–water partition coefficient (Wildman–Crippen LogP) is -2.72. The van der Waals surface area contributed by atoms with Crippen molar-refractivity contribution in [2.45, 2.75) is 37.6 Å².